The van der Waals surface area contributed by atoms with Crippen molar-refractivity contribution in [3.05, 3.63) is 64.7 Å². The lowest BCUT2D eigenvalue weighted by atomic mass is 9.71. The van der Waals surface area contributed by atoms with Crippen molar-refractivity contribution >= 4 is 17.6 Å². The third-order valence-corrected chi connectivity index (χ3v) is 8.02. The second-order valence-electron chi connectivity index (χ2n) is 10.4. The quantitative estimate of drug-likeness (QED) is 0.429. The van der Waals surface area contributed by atoms with Crippen LogP contribution in [0.2, 0.25) is 0 Å². The summed E-state index contributed by atoms with van der Waals surface area (Å²) in [6.07, 6.45) is 7.09. The van der Waals surface area contributed by atoms with E-state index in [4.69, 9.17) is 4.74 Å². The highest BCUT2D eigenvalue weighted by molar-refractivity contribution is 5.99. The van der Waals surface area contributed by atoms with Crippen molar-refractivity contribution in [3.63, 3.8) is 0 Å². The zero-order valence-electron chi connectivity index (χ0n) is 21.0. The topological polar surface area (TPSA) is 55.4 Å². The van der Waals surface area contributed by atoms with E-state index in [1.54, 1.807) is 0 Å². The molecule has 1 aliphatic heterocycles. The van der Waals surface area contributed by atoms with E-state index in [9.17, 15) is 9.59 Å². The van der Waals surface area contributed by atoms with Crippen LogP contribution >= 0.6 is 0 Å². The fraction of sp³-hybridized carbons (Fsp3) is 0.517. The number of carbonyl (C=O) groups is 2. The molecule has 182 valence electrons. The van der Waals surface area contributed by atoms with Gasteiger partial charge in [-0.15, -0.1) is 0 Å². The van der Waals surface area contributed by atoms with Gasteiger partial charge in [0.05, 0.1) is 13.1 Å². The van der Waals surface area contributed by atoms with Gasteiger partial charge < -0.3 is 14.5 Å². The molecule has 0 bridgehead atoms. The molecule has 0 unspecified atom stereocenters. The lowest BCUT2D eigenvalue weighted by Gasteiger charge is -2.55. The minimum Gasteiger partial charge on any atom is -0.457 e. The van der Waals surface area contributed by atoms with Crippen LogP contribution in [0.1, 0.15) is 67.2 Å². The van der Waals surface area contributed by atoms with Crippen LogP contribution in [-0.2, 0) is 20.9 Å². The van der Waals surface area contributed by atoms with Gasteiger partial charge in [-0.3, -0.25) is 4.79 Å². The number of anilines is 1. The molecule has 2 aliphatic rings. The minimum atomic E-state index is -0.556. The summed E-state index contributed by atoms with van der Waals surface area (Å²) in [4.78, 5) is 27.2. The van der Waals surface area contributed by atoms with Gasteiger partial charge in [-0.1, -0.05) is 48.0 Å². The van der Waals surface area contributed by atoms with Gasteiger partial charge in [0.2, 0.25) is 0 Å². The summed E-state index contributed by atoms with van der Waals surface area (Å²) in [5, 5.41) is 3.32. The fourth-order valence-corrected chi connectivity index (χ4v) is 6.10. The number of esters is 1. The molecule has 5 nitrogen and oxygen atoms in total. The van der Waals surface area contributed by atoms with E-state index in [-0.39, 0.29) is 25.0 Å². The van der Waals surface area contributed by atoms with Gasteiger partial charge in [0, 0.05) is 18.5 Å². The molecule has 2 aromatic rings. The van der Waals surface area contributed by atoms with Crippen LogP contribution in [0.15, 0.2) is 42.5 Å². The number of quaternary nitrogens is 1. The molecule has 0 spiro atoms. The summed E-state index contributed by atoms with van der Waals surface area (Å²) < 4.78 is 6.26. The summed E-state index contributed by atoms with van der Waals surface area (Å²) in [5.41, 5.74) is 4.72. The van der Waals surface area contributed by atoms with Crippen LogP contribution in [0.5, 0.6) is 0 Å². The molecule has 2 aromatic carbocycles. The van der Waals surface area contributed by atoms with Crippen LogP contribution in [0.3, 0.4) is 0 Å². The lowest BCUT2D eigenvalue weighted by Crippen LogP contribution is -2.74. The third-order valence-electron chi connectivity index (χ3n) is 8.02. The maximum Gasteiger partial charge on any atom is 0.362 e. The van der Waals surface area contributed by atoms with E-state index in [2.05, 4.69) is 38.2 Å². The molecule has 2 fully saturated rings. The van der Waals surface area contributed by atoms with E-state index >= 15 is 0 Å². The molecule has 0 atom stereocenters. The maximum absolute atomic E-state index is 14.0. The number of nitrogens with one attached hydrogen (secondary N) is 1. The highest BCUT2D eigenvalue weighted by Gasteiger charge is 2.61. The van der Waals surface area contributed by atoms with Crippen molar-refractivity contribution in [2.24, 2.45) is 0 Å². The Labute approximate surface area is 204 Å². The SMILES string of the molecule is Cc1cc(C)c(NC(=O)C2([N+]3(CC(=O)OCc4ccccc4)CCCCCC3)CCC2)c(C)c1. The number of rotatable bonds is 7. The normalized spacial score (nSPS) is 18.9. The molecule has 34 heavy (non-hydrogen) atoms. The Balaban J connectivity index is 1.58. The van der Waals surface area contributed by atoms with E-state index in [0.29, 0.717) is 4.48 Å². The van der Waals surface area contributed by atoms with Gasteiger partial charge in [0.25, 0.3) is 5.91 Å². The number of amides is 1. The number of carbonyl (C=O) groups excluding carboxylic acids is 2. The third kappa shape index (κ3) is 4.90. The van der Waals surface area contributed by atoms with Crippen molar-refractivity contribution in [2.75, 3.05) is 25.0 Å². The molecule has 1 saturated heterocycles. The summed E-state index contributed by atoms with van der Waals surface area (Å²) in [5.74, 6) is -0.126. The zero-order chi connectivity index (χ0) is 24.2. The van der Waals surface area contributed by atoms with Gasteiger partial charge in [-0.2, -0.15) is 0 Å². The van der Waals surface area contributed by atoms with E-state index in [1.165, 1.54) is 5.56 Å². The largest absolute Gasteiger partial charge is 0.457 e. The molecular weight excluding hydrogens is 424 g/mol. The molecule has 0 aromatic heterocycles. The molecule has 1 amide bonds. The highest BCUT2D eigenvalue weighted by atomic mass is 16.5. The second kappa shape index (κ2) is 10.3. The zero-order valence-corrected chi connectivity index (χ0v) is 21.0. The first-order valence-electron chi connectivity index (χ1n) is 12.8. The molecule has 5 heteroatoms. The number of nitrogens with zero attached hydrogens (tertiary/aromatic N) is 1. The van der Waals surface area contributed by atoms with E-state index in [0.717, 1.165) is 80.4 Å². The summed E-state index contributed by atoms with van der Waals surface area (Å²) >= 11 is 0. The monoisotopic (exact) mass is 463 g/mol. The summed E-state index contributed by atoms with van der Waals surface area (Å²) in [6, 6.07) is 14.0. The van der Waals surface area contributed by atoms with Gasteiger partial charge in [-0.05, 0) is 69.6 Å². The molecule has 0 radical (unpaired) electrons. The Kier molecular flexibility index (Phi) is 7.42. The average molecular weight is 464 g/mol. The van der Waals surface area contributed by atoms with Crippen molar-refractivity contribution in [3.8, 4) is 0 Å². The molecule has 1 N–H and O–H groups in total. The Morgan fingerprint density at radius 2 is 1.53 bits per heavy atom. The van der Waals surface area contributed by atoms with Crippen molar-refractivity contribution < 1.29 is 18.8 Å². The second-order valence-corrected chi connectivity index (χ2v) is 10.4. The van der Waals surface area contributed by atoms with Crippen LogP contribution in [0, 0.1) is 20.8 Å². The smallest absolute Gasteiger partial charge is 0.362 e. The standard InChI is InChI=1S/C29H38N2O3/c1-22-18-23(2)27(24(3)19-22)30-28(33)29(14-11-15-29)31(16-9-4-5-10-17-31)20-26(32)34-21-25-12-7-6-8-13-25/h6-8,12-13,18-19H,4-5,9-11,14-17,20-21H2,1-3H3/p+1. The Bertz CT molecular complexity index is 996. The van der Waals surface area contributed by atoms with Gasteiger partial charge >= 0.3 is 5.97 Å². The number of likely N-dealkylation sites (tertiary alicyclic amines) is 1. The van der Waals surface area contributed by atoms with Crippen molar-refractivity contribution in [1.29, 1.82) is 0 Å². The van der Waals surface area contributed by atoms with Crippen LogP contribution in [0.4, 0.5) is 5.69 Å². The number of benzene rings is 2. The molecule has 1 saturated carbocycles. The van der Waals surface area contributed by atoms with Gasteiger partial charge in [0.15, 0.2) is 12.1 Å². The fourth-order valence-electron chi connectivity index (χ4n) is 6.10. The van der Waals surface area contributed by atoms with Crippen molar-refractivity contribution in [2.45, 2.75) is 77.9 Å². The minimum absolute atomic E-state index is 0.0755. The highest BCUT2D eigenvalue weighted by Crippen LogP contribution is 2.46. The van der Waals surface area contributed by atoms with Gasteiger partial charge in [-0.25, -0.2) is 4.79 Å². The first kappa shape index (κ1) is 24.5. The van der Waals surface area contributed by atoms with Crippen LogP contribution in [-0.4, -0.2) is 41.5 Å². The predicted octanol–water partition coefficient (Wildman–Crippen LogP) is 5.61. The molecular formula is C29H39N2O3+. The van der Waals surface area contributed by atoms with E-state index in [1.807, 2.05) is 30.3 Å². The Morgan fingerprint density at radius 1 is 0.912 bits per heavy atom. The number of ether oxygens (including phenoxy) is 1. The van der Waals surface area contributed by atoms with Gasteiger partial charge in [0.1, 0.15) is 6.61 Å². The molecule has 4 rings (SSSR count). The molecule has 1 heterocycles. The Hall–Kier alpha value is -2.66. The van der Waals surface area contributed by atoms with Crippen LogP contribution in [0.25, 0.3) is 0 Å². The summed E-state index contributed by atoms with van der Waals surface area (Å²) in [6.45, 7) is 8.46. The maximum atomic E-state index is 14.0. The summed E-state index contributed by atoms with van der Waals surface area (Å²) in [7, 11) is 0. The van der Waals surface area contributed by atoms with Crippen molar-refractivity contribution in [1.82, 2.24) is 0 Å². The predicted molar refractivity (Wildman–Crippen MR) is 135 cm³/mol. The first-order chi connectivity index (χ1) is 16.4. The number of hydrogen-bond acceptors (Lipinski definition) is 3. The number of hydrogen-bond donors (Lipinski definition) is 1. The number of aryl methyl sites for hydroxylation is 3. The van der Waals surface area contributed by atoms with Crippen LogP contribution < -0.4 is 5.32 Å². The Morgan fingerprint density at radius 3 is 2.09 bits per heavy atom. The molecule has 1 aliphatic carbocycles. The lowest BCUT2D eigenvalue weighted by molar-refractivity contribution is -0.965. The first-order valence-corrected chi connectivity index (χ1v) is 12.8. The average Bonchev–Trinajstić information content (AvgIpc) is 3.01. The van der Waals surface area contributed by atoms with E-state index < -0.39 is 5.54 Å².